The first kappa shape index (κ1) is 22.2. The van der Waals surface area contributed by atoms with E-state index in [1.54, 1.807) is 4.90 Å². The summed E-state index contributed by atoms with van der Waals surface area (Å²) in [5.41, 5.74) is 5.05. The summed E-state index contributed by atoms with van der Waals surface area (Å²) >= 11 is 0. The van der Waals surface area contributed by atoms with E-state index in [0.717, 1.165) is 59.8 Å². The van der Waals surface area contributed by atoms with Crippen molar-refractivity contribution in [3.63, 3.8) is 0 Å². The average molecular weight is 494 g/mol. The number of piperidine rings is 2. The van der Waals surface area contributed by atoms with Gasteiger partial charge in [-0.25, -0.2) is 0 Å². The molecule has 7 rings (SSSR count). The Morgan fingerprint density at radius 1 is 0.973 bits per heavy atom. The predicted molar refractivity (Wildman–Crippen MR) is 140 cm³/mol. The molecule has 0 saturated carbocycles. The van der Waals surface area contributed by atoms with Gasteiger partial charge in [-0.3, -0.25) is 34.6 Å². The molecular weight excluding hydrogens is 466 g/mol. The molecule has 186 valence electrons. The molecule has 3 aliphatic heterocycles. The topological polar surface area (TPSA) is 98.4 Å². The average Bonchev–Trinajstić information content (AvgIpc) is 3.48. The zero-order chi connectivity index (χ0) is 25.1. The fourth-order valence-corrected chi connectivity index (χ4v) is 6.37. The van der Waals surface area contributed by atoms with Gasteiger partial charge in [-0.05, 0) is 79.0 Å². The summed E-state index contributed by atoms with van der Waals surface area (Å²) in [5, 5.41) is 12.7. The van der Waals surface area contributed by atoms with E-state index in [-0.39, 0.29) is 18.2 Å². The minimum atomic E-state index is -0.656. The summed E-state index contributed by atoms with van der Waals surface area (Å²) in [7, 11) is 0. The molecule has 37 heavy (non-hydrogen) atoms. The van der Waals surface area contributed by atoms with Crippen LogP contribution >= 0.6 is 0 Å². The van der Waals surface area contributed by atoms with Crippen LogP contribution in [0.2, 0.25) is 0 Å². The smallest absolute Gasteiger partial charge is 0.259 e. The molecule has 2 saturated heterocycles. The molecular formula is C29H27N5O3. The molecule has 1 unspecified atom stereocenters. The molecule has 4 aromatic rings. The summed E-state index contributed by atoms with van der Waals surface area (Å²) in [6.07, 6.45) is 4.56. The number of amides is 3. The molecule has 0 radical (unpaired) electrons. The van der Waals surface area contributed by atoms with Crippen LogP contribution in [0.25, 0.3) is 21.7 Å². The van der Waals surface area contributed by atoms with Crippen molar-refractivity contribution < 1.29 is 14.4 Å². The number of aromatic amines is 1. The van der Waals surface area contributed by atoms with Crippen LogP contribution in [0.15, 0.2) is 54.7 Å². The van der Waals surface area contributed by atoms with Crippen molar-refractivity contribution in [1.29, 1.82) is 0 Å². The van der Waals surface area contributed by atoms with Crippen LogP contribution in [0.3, 0.4) is 0 Å². The van der Waals surface area contributed by atoms with Crippen molar-refractivity contribution in [1.82, 2.24) is 20.4 Å². The molecule has 1 aromatic heterocycles. The largest absolute Gasteiger partial charge is 0.299 e. The Morgan fingerprint density at radius 2 is 1.84 bits per heavy atom. The minimum absolute atomic E-state index is 0.156. The molecule has 0 bridgehead atoms. The lowest BCUT2D eigenvalue weighted by atomic mass is 9.85. The van der Waals surface area contributed by atoms with Gasteiger partial charge in [0.15, 0.2) is 0 Å². The highest BCUT2D eigenvalue weighted by Gasteiger charge is 2.41. The molecule has 2 fully saturated rings. The second-order valence-electron chi connectivity index (χ2n) is 10.4. The van der Waals surface area contributed by atoms with Crippen molar-refractivity contribution in [2.45, 2.75) is 44.2 Å². The third-order valence-electron chi connectivity index (χ3n) is 8.22. The SMILES string of the molecule is O=C1CCC(N2C(=O)c3ccc(C4CCN(Cc5ccc6[nH]ncc6c5)CC4)c4cccc2c34)C(=O)N1. The molecule has 3 aliphatic rings. The lowest BCUT2D eigenvalue weighted by molar-refractivity contribution is -0.134. The van der Waals surface area contributed by atoms with Crippen LogP contribution < -0.4 is 10.2 Å². The van der Waals surface area contributed by atoms with Crippen molar-refractivity contribution in [3.05, 3.63) is 71.4 Å². The molecule has 1 atom stereocenters. The number of aromatic nitrogens is 2. The maximum Gasteiger partial charge on any atom is 0.259 e. The van der Waals surface area contributed by atoms with E-state index in [4.69, 9.17) is 0 Å². The Morgan fingerprint density at radius 3 is 2.68 bits per heavy atom. The number of likely N-dealkylation sites (tertiary alicyclic amines) is 1. The van der Waals surface area contributed by atoms with Crippen LogP contribution in [0.1, 0.15) is 53.1 Å². The standard InChI is InChI=1S/C29H27N5O3/c35-26-9-8-25(28(36)31-26)34-24-3-1-2-21-20(5-6-22(27(21)24)29(34)37)18-10-12-33(13-11-18)16-17-4-7-23-19(14-17)15-30-32-23/h1-7,14-15,18,25H,8-13,16H2,(H,30,32)(H,31,35,36). The van der Waals surface area contributed by atoms with E-state index in [0.29, 0.717) is 17.9 Å². The molecule has 0 spiro atoms. The maximum atomic E-state index is 13.4. The van der Waals surface area contributed by atoms with Crippen molar-refractivity contribution in [2.75, 3.05) is 18.0 Å². The lowest BCUT2D eigenvalue weighted by Crippen LogP contribution is -2.53. The third kappa shape index (κ3) is 3.62. The van der Waals surface area contributed by atoms with Gasteiger partial charge in [-0.1, -0.05) is 24.3 Å². The minimum Gasteiger partial charge on any atom is -0.299 e. The van der Waals surface area contributed by atoms with E-state index >= 15 is 0 Å². The van der Waals surface area contributed by atoms with Gasteiger partial charge in [0, 0.05) is 29.3 Å². The quantitative estimate of drug-likeness (QED) is 0.421. The van der Waals surface area contributed by atoms with Crippen LogP contribution in [0, 0.1) is 0 Å². The number of hydrogen-bond donors (Lipinski definition) is 2. The maximum absolute atomic E-state index is 13.4. The molecule has 4 heterocycles. The summed E-state index contributed by atoms with van der Waals surface area (Å²) in [6.45, 7) is 2.95. The second-order valence-corrected chi connectivity index (χ2v) is 10.4. The van der Waals surface area contributed by atoms with Crippen LogP contribution in [-0.4, -0.2) is 52.0 Å². The normalized spacial score (nSPS) is 20.8. The van der Waals surface area contributed by atoms with Gasteiger partial charge < -0.3 is 0 Å². The summed E-state index contributed by atoms with van der Waals surface area (Å²) in [6, 6.07) is 15.9. The molecule has 3 aromatic carbocycles. The number of nitrogens with one attached hydrogen (secondary N) is 2. The molecule has 8 nitrogen and oxygen atoms in total. The molecule has 2 N–H and O–H groups in total. The van der Waals surface area contributed by atoms with Crippen LogP contribution in [-0.2, 0) is 16.1 Å². The van der Waals surface area contributed by atoms with Crippen LogP contribution in [0.5, 0.6) is 0 Å². The lowest BCUT2D eigenvalue weighted by Gasteiger charge is -2.33. The van der Waals surface area contributed by atoms with E-state index < -0.39 is 11.9 Å². The number of carbonyl (C=O) groups is 3. The number of H-pyrrole nitrogens is 1. The molecule has 8 heteroatoms. The Hall–Kier alpha value is -4.04. The van der Waals surface area contributed by atoms with Gasteiger partial charge in [0.25, 0.3) is 5.91 Å². The Bertz CT molecular complexity index is 1580. The van der Waals surface area contributed by atoms with Crippen molar-refractivity contribution in [2.24, 2.45) is 0 Å². The van der Waals surface area contributed by atoms with E-state index in [2.05, 4.69) is 50.7 Å². The van der Waals surface area contributed by atoms with Gasteiger partial charge >= 0.3 is 0 Å². The number of anilines is 1. The highest BCUT2D eigenvalue weighted by molar-refractivity contribution is 6.27. The second kappa shape index (κ2) is 8.52. The number of benzene rings is 3. The van der Waals surface area contributed by atoms with Gasteiger partial charge in [-0.15, -0.1) is 0 Å². The zero-order valence-corrected chi connectivity index (χ0v) is 20.4. The number of carbonyl (C=O) groups excluding carboxylic acids is 3. The first-order chi connectivity index (χ1) is 18.1. The summed E-state index contributed by atoms with van der Waals surface area (Å²) in [4.78, 5) is 41.8. The first-order valence-electron chi connectivity index (χ1n) is 12.9. The first-order valence-corrected chi connectivity index (χ1v) is 12.9. The predicted octanol–water partition coefficient (Wildman–Crippen LogP) is 3.86. The number of imide groups is 1. The number of nitrogens with zero attached hydrogens (tertiary/aromatic N) is 3. The highest BCUT2D eigenvalue weighted by atomic mass is 16.2. The Labute approximate surface area is 213 Å². The van der Waals surface area contributed by atoms with Gasteiger partial charge in [0.05, 0.1) is 17.4 Å². The number of fused-ring (bicyclic) bond motifs is 1. The van der Waals surface area contributed by atoms with Crippen LogP contribution in [0.4, 0.5) is 5.69 Å². The molecule has 0 aliphatic carbocycles. The van der Waals surface area contributed by atoms with E-state index in [9.17, 15) is 14.4 Å². The van der Waals surface area contributed by atoms with Gasteiger partial charge in [0.2, 0.25) is 11.8 Å². The van der Waals surface area contributed by atoms with E-state index in [1.165, 1.54) is 11.1 Å². The number of rotatable bonds is 4. The zero-order valence-electron chi connectivity index (χ0n) is 20.4. The summed E-state index contributed by atoms with van der Waals surface area (Å²) < 4.78 is 0. The van der Waals surface area contributed by atoms with E-state index in [1.807, 2.05) is 24.4 Å². The van der Waals surface area contributed by atoms with Gasteiger partial charge in [0.1, 0.15) is 6.04 Å². The number of hydrogen-bond acceptors (Lipinski definition) is 5. The monoisotopic (exact) mass is 493 g/mol. The Balaban J connectivity index is 1.13. The fraction of sp³-hybridized carbons (Fsp3) is 0.310. The summed E-state index contributed by atoms with van der Waals surface area (Å²) in [5.74, 6) is -0.415. The molecule has 3 amide bonds. The van der Waals surface area contributed by atoms with Crippen molar-refractivity contribution in [3.8, 4) is 0 Å². The highest BCUT2D eigenvalue weighted by Crippen LogP contribution is 2.43. The fourth-order valence-electron chi connectivity index (χ4n) is 6.37. The third-order valence-corrected chi connectivity index (χ3v) is 8.22. The van der Waals surface area contributed by atoms with Crippen molar-refractivity contribution >= 4 is 45.1 Å². The van der Waals surface area contributed by atoms with Gasteiger partial charge in [-0.2, -0.15) is 5.10 Å². The Kier molecular flexibility index (Phi) is 5.11.